The second kappa shape index (κ2) is 24.5. The molecule has 6 aromatic carbocycles. The predicted molar refractivity (Wildman–Crippen MR) is 273 cm³/mol. The van der Waals surface area contributed by atoms with E-state index in [4.69, 9.17) is 0 Å². The summed E-state index contributed by atoms with van der Waals surface area (Å²) in [7, 11) is 0. The van der Waals surface area contributed by atoms with E-state index in [2.05, 4.69) is 159 Å². The van der Waals surface area contributed by atoms with Gasteiger partial charge in [-0.2, -0.15) is 49.2 Å². The molecule has 0 aliphatic carbocycles. The van der Waals surface area contributed by atoms with Crippen molar-refractivity contribution in [3.8, 4) is 32.4 Å². The van der Waals surface area contributed by atoms with E-state index in [-0.39, 0.29) is 59.4 Å². The van der Waals surface area contributed by atoms with E-state index in [0.29, 0.717) is 0 Å². The molecule has 0 spiro atoms. The van der Waals surface area contributed by atoms with Crippen molar-refractivity contribution < 1.29 is 36.4 Å². The predicted octanol–water partition coefficient (Wildman–Crippen LogP) is 16.1. The summed E-state index contributed by atoms with van der Waals surface area (Å²) in [5, 5.41) is 27.2. The molecule has 0 saturated heterocycles. The molecule has 1 heterocycles. The Kier molecular flexibility index (Phi) is 21.2. The zero-order valence-electron chi connectivity index (χ0n) is 41.2. The van der Waals surface area contributed by atoms with Crippen LogP contribution in [0.4, 0.5) is 0 Å². The minimum absolute atomic E-state index is 0. The Labute approximate surface area is 412 Å². The molecule has 0 N–H and O–H groups in total. The van der Waals surface area contributed by atoms with E-state index in [9.17, 15) is 10.2 Å². The number of benzene rings is 6. The third-order valence-electron chi connectivity index (χ3n) is 10.2. The standard InChI is InChI=1S/C32H44O2S.2C7H8.2C7H7.Zr/c1-29(2,3)19-15-21(27(33)23(17-19)31(7,8)9)25-13-14-26(35-25)22-16-20(30(4,5)6)18-24(28(22)34)32(10,11)12;4*1-7-5-3-2-4-6-7;/h13-18,33-34H,1-12H3;2*2-6H,1H3;2*2-6H,1H2;/q;;;2*-1;+4/p-2. The molecule has 0 unspecified atom stereocenters. The number of hydrogen-bond acceptors (Lipinski definition) is 3. The van der Waals surface area contributed by atoms with Gasteiger partial charge in [-0.15, -0.1) is 35.6 Å². The number of thiophene rings is 1. The fourth-order valence-electron chi connectivity index (χ4n) is 6.26. The topological polar surface area (TPSA) is 46.1 Å². The van der Waals surface area contributed by atoms with Crippen molar-refractivity contribution in [2.24, 2.45) is 0 Å². The molecule has 7 aromatic rings. The molecule has 2 nitrogen and oxygen atoms in total. The summed E-state index contributed by atoms with van der Waals surface area (Å²) in [6.45, 7) is 37.2. The summed E-state index contributed by atoms with van der Waals surface area (Å²) < 4.78 is 0. The Morgan fingerprint density at radius 1 is 0.375 bits per heavy atom. The van der Waals surface area contributed by atoms with Crippen molar-refractivity contribution in [1.82, 2.24) is 0 Å². The van der Waals surface area contributed by atoms with Gasteiger partial charge in [-0.05, 0) is 81.0 Å². The van der Waals surface area contributed by atoms with Crippen LogP contribution in [0, 0.1) is 27.7 Å². The van der Waals surface area contributed by atoms with Gasteiger partial charge in [0.2, 0.25) is 0 Å². The van der Waals surface area contributed by atoms with Gasteiger partial charge in [0.05, 0.1) is 0 Å². The van der Waals surface area contributed by atoms with Gasteiger partial charge in [0.1, 0.15) is 0 Å². The maximum atomic E-state index is 13.6. The van der Waals surface area contributed by atoms with Crippen molar-refractivity contribution in [2.75, 3.05) is 0 Å². The van der Waals surface area contributed by atoms with E-state index < -0.39 is 0 Å². The summed E-state index contributed by atoms with van der Waals surface area (Å²) in [5.41, 5.74) is 9.57. The fraction of sp³-hybridized carbons (Fsp3) is 0.300. The molecule has 0 radical (unpaired) electrons. The first kappa shape index (κ1) is 55.4. The Bertz CT molecular complexity index is 2160. The average Bonchev–Trinajstić information content (AvgIpc) is 3.68. The first-order valence-corrected chi connectivity index (χ1v) is 22.7. The van der Waals surface area contributed by atoms with Crippen molar-refractivity contribution >= 4 is 11.3 Å². The number of hydrogen-bond donors (Lipinski definition) is 0. The third-order valence-corrected chi connectivity index (χ3v) is 11.4. The van der Waals surface area contributed by atoms with Crippen LogP contribution in [0.15, 0.2) is 158 Å². The summed E-state index contributed by atoms with van der Waals surface area (Å²) in [4.78, 5) is 1.83. The van der Waals surface area contributed by atoms with Gasteiger partial charge in [0, 0.05) is 9.75 Å². The van der Waals surface area contributed by atoms with E-state index in [1.165, 1.54) is 11.1 Å². The van der Waals surface area contributed by atoms with E-state index in [1.54, 1.807) is 11.3 Å². The van der Waals surface area contributed by atoms with Crippen LogP contribution >= 0.6 is 11.3 Å². The SMILES string of the molecule is CC(C)(C)c1cc(-c2ccc(-c3cc(C(C)(C)C)cc(C(C)(C)C)c3[O-])s2)c([O-])c(C(C)(C)C)c1.Cc1ccccc1.Cc1ccccc1.[CH2-]c1ccccc1.[CH2-]c1ccccc1.[Zr+4]. The molecule has 0 fully saturated rings. The van der Waals surface area contributed by atoms with Crippen molar-refractivity contribution in [3.63, 3.8) is 0 Å². The second-order valence-corrected chi connectivity index (χ2v) is 21.3. The molecule has 0 saturated carbocycles. The zero-order valence-corrected chi connectivity index (χ0v) is 44.4. The molecule has 1 aromatic heterocycles. The van der Waals surface area contributed by atoms with Crippen LogP contribution in [-0.4, -0.2) is 0 Å². The monoisotopic (exact) mass is 946 g/mol. The van der Waals surface area contributed by atoms with Crippen molar-refractivity contribution in [1.29, 1.82) is 0 Å². The molecular formula is C60H72O2SZr. The largest absolute Gasteiger partial charge is 4.00 e. The van der Waals surface area contributed by atoms with Gasteiger partial charge in [0.25, 0.3) is 0 Å². The number of rotatable bonds is 2. The molecule has 0 bridgehead atoms. The quantitative estimate of drug-likeness (QED) is 0.162. The molecule has 4 heteroatoms. The first-order valence-electron chi connectivity index (χ1n) is 21.9. The van der Waals surface area contributed by atoms with Crippen LogP contribution in [0.3, 0.4) is 0 Å². The molecule has 64 heavy (non-hydrogen) atoms. The van der Waals surface area contributed by atoms with E-state index in [1.807, 2.05) is 109 Å². The normalized spacial score (nSPS) is 11.1. The summed E-state index contributed by atoms with van der Waals surface area (Å²) >= 11 is 1.54. The smallest absolute Gasteiger partial charge is 0.872 e. The molecule has 0 atom stereocenters. The maximum absolute atomic E-state index is 13.6. The number of aryl methyl sites for hydroxylation is 2. The van der Waals surface area contributed by atoms with E-state index in [0.717, 1.165) is 54.3 Å². The van der Waals surface area contributed by atoms with E-state index >= 15 is 0 Å². The first-order chi connectivity index (χ1) is 29.3. The van der Waals surface area contributed by atoms with Gasteiger partial charge in [-0.3, -0.25) is 0 Å². The summed E-state index contributed by atoms with van der Waals surface area (Å²) in [6.07, 6.45) is 0. The van der Waals surface area contributed by atoms with Gasteiger partial charge in [0.15, 0.2) is 0 Å². The molecule has 334 valence electrons. The van der Waals surface area contributed by atoms with Crippen molar-refractivity contribution in [2.45, 2.75) is 119 Å². The van der Waals surface area contributed by atoms with Crippen LogP contribution in [0.2, 0.25) is 0 Å². The molecule has 0 aliphatic heterocycles. The Morgan fingerprint density at radius 3 is 0.828 bits per heavy atom. The van der Waals surface area contributed by atoms with Crippen molar-refractivity contribution in [3.05, 3.63) is 216 Å². The minimum Gasteiger partial charge on any atom is -0.872 e. The van der Waals surface area contributed by atoms with Crippen LogP contribution < -0.4 is 10.2 Å². The Balaban J connectivity index is 0.000000383. The molecule has 0 aliphatic rings. The van der Waals surface area contributed by atoms with Gasteiger partial charge < -0.3 is 10.2 Å². The molecule has 7 rings (SSSR count). The minimum atomic E-state index is -0.252. The average molecular weight is 949 g/mol. The van der Waals surface area contributed by atoms with Crippen LogP contribution in [-0.2, 0) is 47.9 Å². The summed E-state index contributed by atoms with van der Waals surface area (Å²) in [6, 6.07) is 52.6. The molecular weight excluding hydrogens is 876 g/mol. The zero-order chi connectivity index (χ0) is 47.2. The summed E-state index contributed by atoms with van der Waals surface area (Å²) in [5.74, 6) is 0.167. The van der Waals surface area contributed by atoms with Gasteiger partial charge in [-0.25, -0.2) is 0 Å². The Morgan fingerprint density at radius 2 is 0.641 bits per heavy atom. The maximum Gasteiger partial charge on any atom is 4.00 e. The van der Waals surface area contributed by atoms with Crippen LogP contribution in [0.5, 0.6) is 11.5 Å². The molecule has 0 amide bonds. The van der Waals surface area contributed by atoms with Crippen LogP contribution in [0.1, 0.15) is 128 Å². The fourth-order valence-corrected chi connectivity index (χ4v) is 7.29. The van der Waals surface area contributed by atoms with Gasteiger partial charge in [-0.1, -0.05) is 203 Å². The second-order valence-electron chi connectivity index (χ2n) is 20.2. The van der Waals surface area contributed by atoms with Gasteiger partial charge >= 0.3 is 26.2 Å². The van der Waals surface area contributed by atoms with Crippen LogP contribution in [0.25, 0.3) is 20.9 Å². The third kappa shape index (κ3) is 18.0. The Hall–Kier alpha value is -4.76.